The second-order valence-corrected chi connectivity index (χ2v) is 9.54. The van der Waals surface area contributed by atoms with Crippen LogP contribution in [0.3, 0.4) is 0 Å². The van der Waals surface area contributed by atoms with Gasteiger partial charge in [-0.15, -0.1) is 0 Å². The summed E-state index contributed by atoms with van der Waals surface area (Å²) in [7, 11) is -3.88. The Bertz CT molecular complexity index is 1110. The van der Waals surface area contributed by atoms with Crippen molar-refractivity contribution in [2.75, 3.05) is 23.9 Å². The number of likely N-dealkylation sites (tertiary alicyclic amines) is 1. The zero-order valence-corrected chi connectivity index (χ0v) is 18.2. The molecule has 0 radical (unpaired) electrons. The van der Waals surface area contributed by atoms with E-state index in [0.29, 0.717) is 18.8 Å². The first kappa shape index (κ1) is 21.1. The van der Waals surface area contributed by atoms with Crippen LogP contribution in [0.2, 0.25) is 0 Å². The number of carbonyl (C=O) groups is 1. The van der Waals surface area contributed by atoms with E-state index in [-0.39, 0.29) is 17.3 Å². The van der Waals surface area contributed by atoms with Gasteiger partial charge in [0.15, 0.2) is 0 Å². The number of hydrogen-bond donors (Lipinski definition) is 0. The molecule has 3 aromatic carbocycles. The van der Waals surface area contributed by atoms with Crippen molar-refractivity contribution >= 4 is 21.6 Å². The summed E-state index contributed by atoms with van der Waals surface area (Å²) in [5.41, 5.74) is 2.52. The Kier molecular flexibility index (Phi) is 6.37. The van der Waals surface area contributed by atoms with Crippen molar-refractivity contribution in [2.24, 2.45) is 0 Å². The Labute approximate surface area is 184 Å². The van der Waals surface area contributed by atoms with E-state index in [1.165, 1.54) is 4.31 Å². The first-order valence-corrected chi connectivity index (χ1v) is 12.0. The van der Waals surface area contributed by atoms with Crippen LogP contribution in [-0.4, -0.2) is 38.9 Å². The van der Waals surface area contributed by atoms with Gasteiger partial charge in [0.2, 0.25) is 5.91 Å². The van der Waals surface area contributed by atoms with E-state index >= 15 is 0 Å². The molecule has 0 aromatic heterocycles. The summed E-state index contributed by atoms with van der Waals surface area (Å²) < 4.78 is 28.2. The van der Waals surface area contributed by atoms with E-state index < -0.39 is 10.0 Å². The molecule has 5 nitrogen and oxygen atoms in total. The van der Waals surface area contributed by atoms with Crippen molar-refractivity contribution in [3.63, 3.8) is 0 Å². The first-order chi connectivity index (χ1) is 15.1. The van der Waals surface area contributed by atoms with E-state index in [1.807, 2.05) is 42.5 Å². The molecule has 160 valence electrons. The van der Waals surface area contributed by atoms with Crippen LogP contribution < -0.4 is 4.31 Å². The van der Waals surface area contributed by atoms with Gasteiger partial charge in [-0.05, 0) is 54.7 Å². The van der Waals surface area contributed by atoms with Crippen molar-refractivity contribution in [3.05, 3.63) is 84.9 Å². The number of carbonyl (C=O) groups excluding carboxylic acids is 1. The fourth-order valence-electron chi connectivity index (χ4n) is 3.85. The van der Waals surface area contributed by atoms with Crippen molar-refractivity contribution in [2.45, 2.75) is 24.2 Å². The maximum atomic E-state index is 13.5. The average Bonchev–Trinajstić information content (AvgIpc) is 2.84. The molecular formula is C25H26N2O3S. The molecule has 1 heterocycles. The lowest BCUT2D eigenvalue weighted by atomic mass is 10.1. The number of piperidine rings is 1. The average molecular weight is 435 g/mol. The molecule has 1 fully saturated rings. The van der Waals surface area contributed by atoms with Crippen LogP contribution in [0.1, 0.15) is 19.3 Å². The van der Waals surface area contributed by atoms with Crippen LogP contribution in [0.15, 0.2) is 89.8 Å². The van der Waals surface area contributed by atoms with Gasteiger partial charge in [-0.2, -0.15) is 0 Å². The molecule has 0 saturated carbocycles. The minimum Gasteiger partial charge on any atom is -0.341 e. The summed E-state index contributed by atoms with van der Waals surface area (Å²) in [5.74, 6) is -0.161. The predicted molar refractivity (Wildman–Crippen MR) is 123 cm³/mol. The van der Waals surface area contributed by atoms with Gasteiger partial charge >= 0.3 is 0 Å². The Balaban J connectivity index is 1.67. The quantitative estimate of drug-likeness (QED) is 0.571. The molecule has 1 amide bonds. The van der Waals surface area contributed by atoms with Crippen LogP contribution in [0.25, 0.3) is 11.1 Å². The van der Waals surface area contributed by atoms with Gasteiger partial charge in [-0.25, -0.2) is 8.42 Å². The number of anilines is 1. The van der Waals surface area contributed by atoms with Gasteiger partial charge in [-0.3, -0.25) is 9.10 Å². The molecule has 1 aliphatic heterocycles. The molecule has 1 aliphatic rings. The number of hydrogen-bond acceptors (Lipinski definition) is 3. The highest BCUT2D eigenvalue weighted by molar-refractivity contribution is 7.92. The van der Waals surface area contributed by atoms with Gasteiger partial charge in [0.05, 0.1) is 10.6 Å². The van der Waals surface area contributed by atoms with Crippen LogP contribution in [0, 0.1) is 0 Å². The molecular weight excluding hydrogens is 408 g/mol. The van der Waals surface area contributed by atoms with Crippen molar-refractivity contribution < 1.29 is 13.2 Å². The lowest BCUT2D eigenvalue weighted by molar-refractivity contribution is -0.130. The highest BCUT2D eigenvalue weighted by Crippen LogP contribution is 2.27. The van der Waals surface area contributed by atoms with E-state index in [0.717, 1.165) is 30.4 Å². The van der Waals surface area contributed by atoms with E-state index in [1.54, 1.807) is 47.4 Å². The molecule has 31 heavy (non-hydrogen) atoms. The van der Waals surface area contributed by atoms with Crippen molar-refractivity contribution in [3.8, 4) is 11.1 Å². The zero-order chi connectivity index (χ0) is 21.7. The molecule has 3 aromatic rings. The van der Waals surface area contributed by atoms with Crippen molar-refractivity contribution in [1.82, 2.24) is 4.90 Å². The molecule has 1 saturated heterocycles. The van der Waals surface area contributed by atoms with Crippen LogP contribution in [0.4, 0.5) is 5.69 Å². The van der Waals surface area contributed by atoms with Crippen LogP contribution >= 0.6 is 0 Å². The molecule has 0 N–H and O–H groups in total. The third kappa shape index (κ3) is 4.80. The van der Waals surface area contributed by atoms with Gasteiger partial charge in [0.25, 0.3) is 10.0 Å². The molecule has 0 aliphatic carbocycles. The highest BCUT2D eigenvalue weighted by Gasteiger charge is 2.29. The van der Waals surface area contributed by atoms with Gasteiger partial charge < -0.3 is 4.90 Å². The maximum Gasteiger partial charge on any atom is 0.264 e. The van der Waals surface area contributed by atoms with Gasteiger partial charge in [0, 0.05) is 13.1 Å². The summed E-state index contributed by atoms with van der Waals surface area (Å²) in [6, 6.07) is 25.5. The molecule has 0 bridgehead atoms. The van der Waals surface area contributed by atoms with Gasteiger partial charge in [-0.1, -0.05) is 60.7 Å². The van der Waals surface area contributed by atoms with Crippen LogP contribution in [0.5, 0.6) is 0 Å². The predicted octanol–water partition coefficient (Wildman–Crippen LogP) is 4.56. The second-order valence-electron chi connectivity index (χ2n) is 7.68. The lowest BCUT2D eigenvalue weighted by Crippen LogP contribution is -2.44. The molecule has 4 rings (SSSR count). The smallest absolute Gasteiger partial charge is 0.264 e. The Morgan fingerprint density at radius 2 is 1.29 bits per heavy atom. The molecule has 0 spiro atoms. The Hall–Kier alpha value is -3.12. The third-order valence-corrected chi connectivity index (χ3v) is 7.37. The number of benzene rings is 3. The van der Waals surface area contributed by atoms with E-state index in [2.05, 4.69) is 0 Å². The normalized spacial score (nSPS) is 14.3. The zero-order valence-electron chi connectivity index (χ0n) is 17.4. The highest BCUT2D eigenvalue weighted by atomic mass is 32.2. The Morgan fingerprint density at radius 3 is 1.90 bits per heavy atom. The fourth-order valence-corrected chi connectivity index (χ4v) is 5.29. The lowest BCUT2D eigenvalue weighted by Gasteiger charge is -2.30. The summed E-state index contributed by atoms with van der Waals surface area (Å²) >= 11 is 0. The van der Waals surface area contributed by atoms with Crippen molar-refractivity contribution in [1.29, 1.82) is 0 Å². The number of rotatable bonds is 6. The minimum atomic E-state index is -3.88. The summed E-state index contributed by atoms with van der Waals surface area (Å²) in [6.07, 6.45) is 3.03. The number of amides is 1. The molecule has 0 atom stereocenters. The van der Waals surface area contributed by atoms with E-state index in [4.69, 9.17) is 0 Å². The summed E-state index contributed by atoms with van der Waals surface area (Å²) in [4.78, 5) is 14.9. The molecule has 6 heteroatoms. The Morgan fingerprint density at radius 1 is 0.742 bits per heavy atom. The number of sulfonamides is 1. The summed E-state index contributed by atoms with van der Waals surface area (Å²) in [5, 5.41) is 0. The third-order valence-electron chi connectivity index (χ3n) is 5.58. The van der Waals surface area contributed by atoms with Crippen LogP contribution in [-0.2, 0) is 14.8 Å². The first-order valence-electron chi connectivity index (χ1n) is 10.6. The SMILES string of the molecule is O=C(CN(c1ccc(-c2ccccc2)cc1)S(=O)(=O)c1ccccc1)N1CCCCC1. The van der Waals surface area contributed by atoms with Gasteiger partial charge in [0.1, 0.15) is 6.54 Å². The summed E-state index contributed by atoms with van der Waals surface area (Å²) in [6.45, 7) is 1.16. The topological polar surface area (TPSA) is 57.7 Å². The monoisotopic (exact) mass is 434 g/mol. The number of nitrogens with zero attached hydrogens (tertiary/aromatic N) is 2. The largest absolute Gasteiger partial charge is 0.341 e. The standard InChI is InChI=1S/C25H26N2O3S/c28-25(26-18-8-3-9-19-26)20-27(31(29,30)24-12-6-2-7-13-24)23-16-14-22(15-17-23)21-10-4-1-5-11-21/h1-2,4-7,10-17H,3,8-9,18-20H2. The molecule has 0 unspecified atom stereocenters. The minimum absolute atomic E-state index is 0.161. The van der Waals surface area contributed by atoms with E-state index in [9.17, 15) is 13.2 Å². The maximum absolute atomic E-state index is 13.5. The second kappa shape index (κ2) is 9.35. The fraction of sp³-hybridized carbons (Fsp3) is 0.240.